The lowest BCUT2D eigenvalue weighted by Crippen LogP contribution is -2.55. The first-order valence-electron chi connectivity index (χ1n) is 6.55. The second-order valence-electron chi connectivity index (χ2n) is 6.09. The third-order valence-electron chi connectivity index (χ3n) is 4.72. The van der Waals surface area contributed by atoms with E-state index in [1.807, 2.05) is 0 Å². The molecule has 0 radical (unpaired) electrons. The molecule has 0 aromatic rings. The van der Waals surface area contributed by atoms with Crippen LogP contribution in [0.1, 0.15) is 25.7 Å². The van der Waals surface area contributed by atoms with Crippen LogP contribution < -0.4 is 0 Å². The monoisotopic (exact) mass is 226 g/mol. The van der Waals surface area contributed by atoms with Crippen LogP contribution in [-0.2, 0) is 0 Å². The number of aliphatic hydroxyl groups excluding tert-OH is 1. The van der Waals surface area contributed by atoms with E-state index in [1.54, 1.807) is 0 Å². The number of rotatable bonds is 4. The Morgan fingerprint density at radius 3 is 2.44 bits per heavy atom. The van der Waals surface area contributed by atoms with Crippen molar-refractivity contribution in [2.75, 3.05) is 40.8 Å². The Kier molecular flexibility index (Phi) is 3.57. The van der Waals surface area contributed by atoms with Crippen molar-refractivity contribution in [2.45, 2.75) is 31.7 Å². The van der Waals surface area contributed by atoms with Crippen LogP contribution in [0.5, 0.6) is 0 Å². The van der Waals surface area contributed by atoms with Gasteiger partial charge in [0.25, 0.3) is 0 Å². The highest BCUT2D eigenvalue weighted by atomic mass is 16.3. The minimum atomic E-state index is 0.208. The van der Waals surface area contributed by atoms with Crippen LogP contribution in [0.25, 0.3) is 0 Å². The van der Waals surface area contributed by atoms with Crippen LogP contribution in [-0.4, -0.2) is 61.8 Å². The highest BCUT2D eigenvalue weighted by Gasteiger charge is 2.48. The maximum atomic E-state index is 9.74. The highest BCUT2D eigenvalue weighted by molar-refractivity contribution is 5.01. The van der Waals surface area contributed by atoms with Crippen LogP contribution in [0.2, 0.25) is 0 Å². The zero-order valence-corrected chi connectivity index (χ0v) is 10.9. The summed E-state index contributed by atoms with van der Waals surface area (Å²) in [5.74, 6) is 0.743. The van der Waals surface area contributed by atoms with E-state index < -0.39 is 0 Å². The molecule has 3 nitrogen and oxygen atoms in total. The van der Waals surface area contributed by atoms with Crippen molar-refractivity contribution >= 4 is 0 Å². The number of hydrogen-bond acceptors (Lipinski definition) is 3. The van der Waals surface area contributed by atoms with E-state index >= 15 is 0 Å². The van der Waals surface area contributed by atoms with Gasteiger partial charge in [-0.05, 0) is 52.9 Å². The van der Waals surface area contributed by atoms with Gasteiger partial charge in [-0.1, -0.05) is 6.42 Å². The summed E-state index contributed by atoms with van der Waals surface area (Å²) in [6.07, 6.45) is 5.02. The van der Waals surface area contributed by atoms with Crippen LogP contribution >= 0.6 is 0 Å². The lowest BCUT2D eigenvalue weighted by atomic mass is 9.61. The van der Waals surface area contributed by atoms with Gasteiger partial charge in [0.2, 0.25) is 0 Å². The molecule has 2 atom stereocenters. The van der Waals surface area contributed by atoms with E-state index in [-0.39, 0.29) is 5.41 Å². The summed E-state index contributed by atoms with van der Waals surface area (Å²) >= 11 is 0. The van der Waals surface area contributed by atoms with Gasteiger partial charge in [-0.25, -0.2) is 0 Å². The van der Waals surface area contributed by atoms with Gasteiger partial charge in [0, 0.05) is 18.0 Å². The first kappa shape index (κ1) is 12.3. The average Bonchev–Trinajstić information content (AvgIpc) is 2.57. The first-order chi connectivity index (χ1) is 7.59. The summed E-state index contributed by atoms with van der Waals surface area (Å²) in [7, 11) is 6.57. The van der Waals surface area contributed by atoms with Gasteiger partial charge >= 0.3 is 0 Å². The summed E-state index contributed by atoms with van der Waals surface area (Å²) in [5.41, 5.74) is 0.208. The average molecular weight is 226 g/mol. The summed E-state index contributed by atoms with van der Waals surface area (Å²) in [5, 5.41) is 9.74. The Labute approximate surface area is 99.4 Å². The first-order valence-corrected chi connectivity index (χ1v) is 6.55. The SMILES string of the molecule is CN1CCC(C(N(C)C)C2(CO)CCC2)C1. The van der Waals surface area contributed by atoms with Crippen LogP contribution in [0.3, 0.4) is 0 Å². The molecule has 1 heterocycles. The largest absolute Gasteiger partial charge is 0.396 e. The van der Waals surface area contributed by atoms with Crippen molar-refractivity contribution in [1.82, 2.24) is 9.80 Å². The Bertz CT molecular complexity index is 233. The number of likely N-dealkylation sites (tertiary alicyclic amines) is 1. The standard InChI is InChI=1S/C13H26N2O/c1-14(2)12(11-5-8-15(3)9-11)13(10-16)6-4-7-13/h11-12,16H,4-10H2,1-3H3. The lowest BCUT2D eigenvalue weighted by molar-refractivity contribution is -0.0515. The Hall–Kier alpha value is -0.120. The molecule has 94 valence electrons. The highest BCUT2D eigenvalue weighted by Crippen LogP contribution is 2.48. The molecule has 0 aromatic heterocycles. The summed E-state index contributed by atoms with van der Waals surface area (Å²) in [4.78, 5) is 4.78. The molecule has 0 bridgehead atoms. The van der Waals surface area contributed by atoms with Gasteiger partial charge in [-0.3, -0.25) is 0 Å². The van der Waals surface area contributed by atoms with Crippen LogP contribution in [0.4, 0.5) is 0 Å². The van der Waals surface area contributed by atoms with Gasteiger partial charge in [0.05, 0.1) is 6.61 Å². The fourth-order valence-corrected chi connectivity index (χ4v) is 3.87. The summed E-state index contributed by atoms with van der Waals surface area (Å²) < 4.78 is 0. The molecule has 3 heteroatoms. The molecule has 2 rings (SSSR count). The molecule has 16 heavy (non-hydrogen) atoms. The zero-order chi connectivity index (χ0) is 11.8. The summed E-state index contributed by atoms with van der Waals surface area (Å²) in [6.45, 7) is 2.79. The molecular weight excluding hydrogens is 200 g/mol. The van der Waals surface area contributed by atoms with E-state index in [2.05, 4.69) is 30.9 Å². The van der Waals surface area contributed by atoms with Crippen molar-refractivity contribution in [1.29, 1.82) is 0 Å². The van der Waals surface area contributed by atoms with E-state index in [4.69, 9.17) is 0 Å². The molecule has 1 saturated heterocycles. The van der Waals surface area contributed by atoms with E-state index in [0.29, 0.717) is 12.6 Å². The molecule has 2 aliphatic rings. The van der Waals surface area contributed by atoms with Gasteiger partial charge in [0.1, 0.15) is 0 Å². The van der Waals surface area contributed by atoms with Crippen molar-refractivity contribution in [3.05, 3.63) is 0 Å². The molecule has 1 aliphatic carbocycles. The molecule has 0 amide bonds. The molecule has 0 aromatic carbocycles. The Balaban J connectivity index is 2.10. The van der Waals surface area contributed by atoms with Gasteiger partial charge in [0.15, 0.2) is 0 Å². The molecule has 1 saturated carbocycles. The summed E-state index contributed by atoms with van der Waals surface area (Å²) in [6, 6.07) is 0.566. The molecule has 2 fully saturated rings. The maximum absolute atomic E-state index is 9.74. The smallest absolute Gasteiger partial charge is 0.0502 e. The second kappa shape index (κ2) is 4.63. The minimum absolute atomic E-state index is 0.208. The Morgan fingerprint density at radius 2 is 2.12 bits per heavy atom. The Morgan fingerprint density at radius 1 is 1.44 bits per heavy atom. The third kappa shape index (κ3) is 2.01. The third-order valence-corrected chi connectivity index (χ3v) is 4.72. The second-order valence-corrected chi connectivity index (χ2v) is 6.09. The molecule has 1 N–H and O–H groups in total. The quantitative estimate of drug-likeness (QED) is 0.775. The van der Waals surface area contributed by atoms with E-state index in [0.717, 1.165) is 5.92 Å². The normalized spacial score (nSPS) is 31.7. The maximum Gasteiger partial charge on any atom is 0.0502 e. The van der Waals surface area contributed by atoms with E-state index in [9.17, 15) is 5.11 Å². The number of hydrogen-bond donors (Lipinski definition) is 1. The van der Waals surface area contributed by atoms with Crippen LogP contribution in [0, 0.1) is 11.3 Å². The van der Waals surface area contributed by atoms with Crippen molar-refractivity contribution in [3.63, 3.8) is 0 Å². The molecular formula is C13H26N2O. The van der Waals surface area contributed by atoms with Crippen LogP contribution in [0.15, 0.2) is 0 Å². The fourth-order valence-electron chi connectivity index (χ4n) is 3.87. The van der Waals surface area contributed by atoms with Crippen molar-refractivity contribution < 1.29 is 5.11 Å². The van der Waals surface area contributed by atoms with Gasteiger partial charge in [-0.15, -0.1) is 0 Å². The van der Waals surface area contributed by atoms with E-state index in [1.165, 1.54) is 38.8 Å². The van der Waals surface area contributed by atoms with Gasteiger partial charge < -0.3 is 14.9 Å². The predicted octanol–water partition coefficient (Wildman–Crippen LogP) is 1.03. The van der Waals surface area contributed by atoms with Crippen molar-refractivity contribution in [3.8, 4) is 0 Å². The predicted molar refractivity (Wildman–Crippen MR) is 66.4 cm³/mol. The lowest BCUT2D eigenvalue weighted by Gasteiger charge is -2.51. The minimum Gasteiger partial charge on any atom is -0.396 e. The zero-order valence-electron chi connectivity index (χ0n) is 10.9. The topological polar surface area (TPSA) is 26.7 Å². The molecule has 1 aliphatic heterocycles. The number of nitrogens with zero attached hydrogens (tertiary/aromatic N) is 2. The van der Waals surface area contributed by atoms with Crippen molar-refractivity contribution in [2.24, 2.45) is 11.3 Å². The molecule has 0 spiro atoms. The fraction of sp³-hybridized carbons (Fsp3) is 1.00. The van der Waals surface area contributed by atoms with Gasteiger partial charge in [-0.2, -0.15) is 0 Å². The number of aliphatic hydroxyl groups is 1. The molecule has 2 unspecified atom stereocenters.